The summed E-state index contributed by atoms with van der Waals surface area (Å²) in [5.74, 6) is -0.225. The molecule has 0 bridgehead atoms. The van der Waals surface area contributed by atoms with Gasteiger partial charge in [0, 0.05) is 24.8 Å². The van der Waals surface area contributed by atoms with Crippen LogP contribution in [-0.2, 0) is 15.8 Å². The van der Waals surface area contributed by atoms with Gasteiger partial charge in [-0.2, -0.15) is 13.2 Å². The topological polar surface area (TPSA) is 58.2 Å². The van der Waals surface area contributed by atoms with Gasteiger partial charge in [0.1, 0.15) is 0 Å². The molecule has 25 heavy (non-hydrogen) atoms. The molecule has 2 atom stereocenters. The summed E-state index contributed by atoms with van der Waals surface area (Å²) in [7, 11) is -1.05. The van der Waals surface area contributed by atoms with Crippen molar-refractivity contribution in [3.8, 4) is 0 Å². The van der Waals surface area contributed by atoms with Gasteiger partial charge in [-0.1, -0.05) is 25.7 Å². The summed E-state index contributed by atoms with van der Waals surface area (Å²) in [6, 6.07) is 0. The first kappa shape index (κ1) is 23.9. The van der Waals surface area contributed by atoms with Gasteiger partial charge in [-0.05, 0) is 39.0 Å². The van der Waals surface area contributed by atoms with Crippen LogP contribution in [0.3, 0.4) is 0 Å². The number of halogens is 3. The Kier molecular flexibility index (Phi) is 11.7. The Morgan fingerprint density at radius 2 is 1.88 bits per heavy atom. The summed E-state index contributed by atoms with van der Waals surface area (Å²) in [5, 5.41) is 2.78. The first-order valence-corrected chi connectivity index (χ1v) is 9.59. The fourth-order valence-electron chi connectivity index (χ4n) is 1.85. The number of nitrogens with one attached hydrogen (secondary N) is 2. The molecule has 8 heteroatoms. The molecule has 2 unspecified atom stereocenters. The number of unbranched alkanes of at least 4 members (excludes halogenated alkanes) is 1. The molecule has 0 aromatic heterocycles. The molecule has 4 nitrogen and oxygen atoms in total. The third-order valence-electron chi connectivity index (χ3n) is 3.44. The molecule has 0 rings (SSSR count). The van der Waals surface area contributed by atoms with Crippen molar-refractivity contribution in [2.75, 3.05) is 13.1 Å². The van der Waals surface area contributed by atoms with E-state index >= 15 is 0 Å². The molecular formula is C17H29F3N2O2S. The molecule has 2 N–H and O–H groups in total. The first-order chi connectivity index (χ1) is 11.6. The van der Waals surface area contributed by atoms with E-state index in [-0.39, 0.29) is 23.5 Å². The maximum Gasteiger partial charge on any atom is 0.416 e. The lowest BCUT2D eigenvalue weighted by atomic mass is 10.1. The predicted octanol–water partition coefficient (Wildman–Crippen LogP) is 3.64. The standard InChI is InChI=1S/C17H29F3N2O2S/c1-5-15(17(18,19)20)10-9-14(4)12-21-16(23)8-6-7-11-22-25(24)13(2)3/h5,10,13-14,22H,1,6-9,11-12H2,2-4H3,(H,21,23)/b15-10+. The molecule has 0 spiro atoms. The normalized spacial score (nSPS) is 15.1. The summed E-state index contributed by atoms with van der Waals surface area (Å²) in [6.45, 7) is 9.58. The maximum atomic E-state index is 12.5. The van der Waals surface area contributed by atoms with Crippen LogP contribution in [0.2, 0.25) is 0 Å². The van der Waals surface area contributed by atoms with Gasteiger partial charge in [0.25, 0.3) is 0 Å². The van der Waals surface area contributed by atoms with Gasteiger partial charge >= 0.3 is 6.18 Å². The molecule has 0 aliphatic carbocycles. The molecule has 0 radical (unpaired) electrons. The van der Waals surface area contributed by atoms with Gasteiger partial charge in [0.05, 0.1) is 16.6 Å². The van der Waals surface area contributed by atoms with E-state index in [0.29, 0.717) is 25.9 Å². The van der Waals surface area contributed by atoms with Crippen LogP contribution in [0, 0.1) is 5.92 Å². The molecule has 0 saturated heterocycles. The molecule has 0 aliphatic heterocycles. The zero-order chi connectivity index (χ0) is 19.5. The SMILES string of the molecule is C=C/C(=C\CC(C)CNC(=O)CCCCNS(=O)C(C)C)C(F)(F)F. The lowest BCUT2D eigenvalue weighted by Gasteiger charge is -2.12. The number of alkyl halides is 3. The van der Waals surface area contributed by atoms with E-state index in [1.54, 1.807) is 6.92 Å². The van der Waals surface area contributed by atoms with E-state index < -0.39 is 22.7 Å². The smallest absolute Gasteiger partial charge is 0.356 e. The lowest BCUT2D eigenvalue weighted by molar-refractivity contribution is -0.121. The Labute approximate surface area is 150 Å². The second-order valence-electron chi connectivity index (χ2n) is 6.20. The second-order valence-corrected chi connectivity index (χ2v) is 8.03. The molecule has 0 saturated carbocycles. The highest BCUT2D eigenvalue weighted by Crippen LogP contribution is 2.27. The Morgan fingerprint density at radius 3 is 2.40 bits per heavy atom. The fraction of sp³-hybridized carbons (Fsp3) is 0.706. The third-order valence-corrected chi connectivity index (χ3v) is 4.78. The van der Waals surface area contributed by atoms with Crippen molar-refractivity contribution in [3.05, 3.63) is 24.3 Å². The summed E-state index contributed by atoms with van der Waals surface area (Å²) < 4.78 is 52.0. The summed E-state index contributed by atoms with van der Waals surface area (Å²) in [6.07, 6.45) is -0.533. The van der Waals surface area contributed by atoms with Gasteiger partial charge in [0.2, 0.25) is 5.91 Å². The van der Waals surface area contributed by atoms with Gasteiger partial charge in [-0.3, -0.25) is 4.79 Å². The highest BCUT2D eigenvalue weighted by Gasteiger charge is 2.31. The van der Waals surface area contributed by atoms with E-state index in [9.17, 15) is 22.2 Å². The minimum absolute atomic E-state index is 0.0535. The van der Waals surface area contributed by atoms with Gasteiger partial charge in [-0.15, -0.1) is 0 Å². The first-order valence-electron chi connectivity index (χ1n) is 8.38. The Balaban J connectivity index is 3.93. The van der Waals surface area contributed by atoms with Gasteiger partial charge in [0.15, 0.2) is 0 Å². The van der Waals surface area contributed by atoms with Crippen LogP contribution in [0.25, 0.3) is 0 Å². The summed E-state index contributed by atoms with van der Waals surface area (Å²) >= 11 is 0. The van der Waals surface area contributed by atoms with Crippen LogP contribution in [0.1, 0.15) is 46.5 Å². The van der Waals surface area contributed by atoms with E-state index in [1.165, 1.54) is 0 Å². The van der Waals surface area contributed by atoms with Gasteiger partial charge < -0.3 is 5.32 Å². The molecule has 1 amide bonds. The third kappa shape index (κ3) is 11.9. The molecule has 0 heterocycles. The van der Waals surface area contributed by atoms with E-state index in [0.717, 1.165) is 18.6 Å². The lowest BCUT2D eigenvalue weighted by Crippen LogP contribution is -2.28. The Bertz CT molecular complexity index is 477. The van der Waals surface area contributed by atoms with Crippen LogP contribution in [0.15, 0.2) is 24.3 Å². The van der Waals surface area contributed by atoms with Crippen molar-refractivity contribution in [3.63, 3.8) is 0 Å². The van der Waals surface area contributed by atoms with E-state index in [2.05, 4.69) is 16.6 Å². The van der Waals surface area contributed by atoms with Crippen molar-refractivity contribution in [2.24, 2.45) is 5.92 Å². The quantitative estimate of drug-likeness (QED) is 0.400. The molecular weight excluding hydrogens is 353 g/mol. The van der Waals surface area contributed by atoms with Crippen molar-refractivity contribution >= 4 is 16.9 Å². The summed E-state index contributed by atoms with van der Waals surface area (Å²) in [5.41, 5.74) is -0.753. The number of hydrogen-bond acceptors (Lipinski definition) is 2. The number of allylic oxidation sites excluding steroid dienone is 3. The number of hydrogen-bond donors (Lipinski definition) is 2. The van der Waals surface area contributed by atoms with E-state index in [4.69, 9.17) is 0 Å². The van der Waals surface area contributed by atoms with Crippen LogP contribution in [0.4, 0.5) is 13.2 Å². The molecule has 0 aliphatic rings. The minimum atomic E-state index is -4.39. The average Bonchev–Trinajstić information content (AvgIpc) is 2.51. The number of rotatable bonds is 12. The van der Waals surface area contributed by atoms with Crippen molar-refractivity contribution in [1.82, 2.24) is 10.0 Å². The highest BCUT2D eigenvalue weighted by molar-refractivity contribution is 7.83. The van der Waals surface area contributed by atoms with Crippen LogP contribution in [-0.4, -0.2) is 34.6 Å². The maximum absolute atomic E-state index is 12.5. The predicted molar refractivity (Wildman–Crippen MR) is 96.3 cm³/mol. The average molecular weight is 382 g/mol. The molecule has 146 valence electrons. The van der Waals surface area contributed by atoms with Crippen molar-refractivity contribution in [2.45, 2.75) is 57.9 Å². The minimum Gasteiger partial charge on any atom is -0.356 e. The van der Waals surface area contributed by atoms with Crippen LogP contribution < -0.4 is 10.0 Å². The number of amides is 1. The zero-order valence-corrected chi connectivity index (χ0v) is 15.9. The molecule has 0 aromatic rings. The van der Waals surface area contributed by atoms with Crippen molar-refractivity contribution in [1.29, 1.82) is 0 Å². The highest BCUT2D eigenvalue weighted by atomic mass is 32.2. The van der Waals surface area contributed by atoms with Crippen LogP contribution >= 0.6 is 0 Å². The monoisotopic (exact) mass is 382 g/mol. The number of carbonyl (C=O) groups is 1. The second kappa shape index (κ2) is 12.2. The molecule has 0 fully saturated rings. The van der Waals surface area contributed by atoms with E-state index in [1.807, 2.05) is 13.8 Å². The van der Waals surface area contributed by atoms with Crippen LogP contribution in [0.5, 0.6) is 0 Å². The van der Waals surface area contributed by atoms with Crippen molar-refractivity contribution < 1.29 is 22.2 Å². The Hall–Kier alpha value is -1.15. The molecule has 0 aromatic carbocycles. The largest absolute Gasteiger partial charge is 0.416 e. The Morgan fingerprint density at radius 1 is 1.24 bits per heavy atom. The van der Waals surface area contributed by atoms with Gasteiger partial charge in [-0.25, -0.2) is 8.93 Å². The number of carbonyl (C=O) groups excluding carboxylic acids is 1. The summed E-state index contributed by atoms with van der Waals surface area (Å²) in [4.78, 5) is 11.7. The fourth-order valence-corrected chi connectivity index (χ4v) is 2.53. The zero-order valence-electron chi connectivity index (χ0n) is 15.1.